The topological polar surface area (TPSA) is 96.7 Å². The van der Waals surface area contributed by atoms with Crippen molar-refractivity contribution in [2.75, 3.05) is 26.0 Å². The zero-order valence-electron chi connectivity index (χ0n) is 19.4. The molecule has 3 amide bonds. The Hall–Kier alpha value is -4.22. The third-order valence-electron chi connectivity index (χ3n) is 6.25. The predicted octanol–water partition coefficient (Wildman–Crippen LogP) is 4.08. The summed E-state index contributed by atoms with van der Waals surface area (Å²) in [5.41, 5.74) is 3.29. The van der Waals surface area contributed by atoms with Gasteiger partial charge in [0.05, 0.1) is 24.4 Å². The highest BCUT2D eigenvalue weighted by atomic mass is 19.1. The van der Waals surface area contributed by atoms with Crippen molar-refractivity contribution in [3.63, 3.8) is 0 Å². The maximum absolute atomic E-state index is 13.9. The van der Waals surface area contributed by atoms with E-state index >= 15 is 0 Å². The molecule has 1 fully saturated rings. The Balaban J connectivity index is 1.51. The summed E-state index contributed by atoms with van der Waals surface area (Å²) in [7, 11) is 3.41. The van der Waals surface area contributed by atoms with Crippen molar-refractivity contribution >= 4 is 17.6 Å². The molecule has 0 saturated carbocycles. The normalized spacial score (nSPS) is 18.8. The van der Waals surface area contributed by atoms with E-state index in [1.807, 2.05) is 36.4 Å². The molecular weight excluding hydrogens is 447 g/mol. The van der Waals surface area contributed by atoms with E-state index in [9.17, 15) is 24.3 Å². The number of hydrogen-bond donors (Lipinski definition) is 2. The largest absolute Gasteiger partial charge is 0.394 e. The summed E-state index contributed by atoms with van der Waals surface area (Å²) in [5.74, 6) is -1.04. The van der Waals surface area contributed by atoms with Crippen LogP contribution in [0, 0.1) is 17.1 Å². The Labute approximate surface area is 203 Å². The van der Waals surface area contributed by atoms with E-state index in [-0.39, 0.29) is 24.1 Å². The van der Waals surface area contributed by atoms with Gasteiger partial charge in [-0.3, -0.25) is 4.79 Å². The molecule has 4 rings (SSSR count). The number of nitrogens with one attached hydrogen (secondary N) is 1. The van der Waals surface area contributed by atoms with Gasteiger partial charge < -0.3 is 20.2 Å². The summed E-state index contributed by atoms with van der Waals surface area (Å²) in [6.07, 6.45) is 0. The number of carbonyl (C=O) groups excluding carboxylic acids is 2. The molecule has 1 aliphatic rings. The first-order chi connectivity index (χ1) is 16.8. The molecule has 35 heavy (non-hydrogen) atoms. The maximum Gasteiger partial charge on any atom is 0.323 e. The second kappa shape index (κ2) is 9.95. The van der Waals surface area contributed by atoms with Crippen LogP contribution in [0.25, 0.3) is 11.1 Å². The fourth-order valence-corrected chi connectivity index (χ4v) is 4.39. The average Bonchev–Trinajstić information content (AvgIpc) is 2.85. The number of anilines is 1. The third-order valence-corrected chi connectivity index (χ3v) is 6.25. The number of rotatable bonds is 5. The van der Waals surface area contributed by atoms with Gasteiger partial charge in [0.1, 0.15) is 11.9 Å². The van der Waals surface area contributed by atoms with Gasteiger partial charge in [-0.15, -0.1) is 0 Å². The molecular formula is C27H25FN4O3. The average molecular weight is 473 g/mol. The van der Waals surface area contributed by atoms with Crippen molar-refractivity contribution in [2.24, 2.45) is 0 Å². The lowest BCUT2D eigenvalue weighted by Crippen LogP contribution is -2.66. The zero-order chi connectivity index (χ0) is 25.1. The third kappa shape index (κ3) is 4.59. The number of amides is 3. The van der Waals surface area contributed by atoms with Crippen LogP contribution >= 0.6 is 0 Å². The van der Waals surface area contributed by atoms with Crippen molar-refractivity contribution in [3.05, 3.63) is 89.7 Å². The van der Waals surface area contributed by atoms with Crippen molar-refractivity contribution in [3.8, 4) is 17.2 Å². The van der Waals surface area contributed by atoms with Crippen LogP contribution in [0.4, 0.5) is 14.9 Å². The highest BCUT2D eigenvalue weighted by Crippen LogP contribution is 2.41. The van der Waals surface area contributed by atoms with Crippen LogP contribution in [0.5, 0.6) is 0 Å². The van der Waals surface area contributed by atoms with Gasteiger partial charge in [0.25, 0.3) is 5.91 Å². The maximum atomic E-state index is 13.9. The molecule has 0 unspecified atom stereocenters. The SMILES string of the molecule is CN(C)C(=O)c1ccc(-c2ccc([C@@H]3[C@@H](C#N)N(C(=O)Nc4ccccc4F)[C@H]3CO)cc2)cc1. The smallest absolute Gasteiger partial charge is 0.323 e. The fourth-order valence-electron chi connectivity index (χ4n) is 4.39. The van der Waals surface area contributed by atoms with E-state index in [0.29, 0.717) is 5.56 Å². The Morgan fingerprint density at radius 3 is 2.17 bits per heavy atom. The monoisotopic (exact) mass is 472 g/mol. The first kappa shape index (κ1) is 23.9. The molecule has 8 heteroatoms. The lowest BCUT2D eigenvalue weighted by atomic mass is 9.75. The number of hydrogen-bond acceptors (Lipinski definition) is 4. The van der Waals surface area contributed by atoms with Gasteiger partial charge in [-0.25, -0.2) is 9.18 Å². The fraction of sp³-hybridized carbons (Fsp3) is 0.222. The molecule has 0 bridgehead atoms. The molecule has 3 aromatic rings. The van der Waals surface area contributed by atoms with E-state index < -0.39 is 23.9 Å². The van der Waals surface area contributed by atoms with E-state index in [1.54, 1.807) is 32.3 Å². The Kier molecular flexibility index (Phi) is 6.80. The van der Waals surface area contributed by atoms with Crippen molar-refractivity contribution in [1.82, 2.24) is 9.80 Å². The highest BCUT2D eigenvalue weighted by Gasteiger charge is 2.51. The minimum atomic E-state index is -0.805. The van der Waals surface area contributed by atoms with Crippen LogP contribution in [-0.2, 0) is 0 Å². The Morgan fingerprint density at radius 1 is 1.03 bits per heavy atom. The van der Waals surface area contributed by atoms with Gasteiger partial charge in [0, 0.05) is 25.6 Å². The van der Waals surface area contributed by atoms with Crippen LogP contribution in [0.3, 0.4) is 0 Å². The molecule has 0 aliphatic carbocycles. The number of nitrogens with zero attached hydrogens (tertiary/aromatic N) is 3. The predicted molar refractivity (Wildman–Crippen MR) is 130 cm³/mol. The van der Waals surface area contributed by atoms with Gasteiger partial charge in [-0.1, -0.05) is 48.5 Å². The zero-order valence-corrected chi connectivity index (χ0v) is 19.4. The molecule has 0 radical (unpaired) electrons. The first-order valence-electron chi connectivity index (χ1n) is 11.1. The molecule has 3 aromatic carbocycles. The Bertz CT molecular complexity index is 1270. The summed E-state index contributed by atoms with van der Waals surface area (Å²) in [6, 6.07) is 20.7. The summed E-state index contributed by atoms with van der Waals surface area (Å²) >= 11 is 0. The summed E-state index contributed by atoms with van der Waals surface area (Å²) in [4.78, 5) is 27.6. The van der Waals surface area contributed by atoms with Crippen molar-refractivity contribution in [2.45, 2.75) is 18.0 Å². The number of likely N-dealkylation sites (tertiary alicyclic amines) is 1. The number of nitriles is 1. The second-order valence-electron chi connectivity index (χ2n) is 8.57. The van der Waals surface area contributed by atoms with Crippen LogP contribution in [0.2, 0.25) is 0 Å². The van der Waals surface area contributed by atoms with Crippen LogP contribution in [0.1, 0.15) is 21.8 Å². The minimum Gasteiger partial charge on any atom is -0.394 e. The summed E-state index contributed by atoms with van der Waals surface area (Å²) in [6.45, 7) is -0.337. The second-order valence-corrected chi connectivity index (χ2v) is 8.57. The van der Waals surface area contributed by atoms with E-state index in [1.165, 1.54) is 28.0 Å². The number of urea groups is 1. The summed E-state index contributed by atoms with van der Waals surface area (Å²) in [5, 5.41) is 22.2. The molecule has 7 nitrogen and oxygen atoms in total. The lowest BCUT2D eigenvalue weighted by molar-refractivity contribution is 0.0223. The van der Waals surface area contributed by atoms with E-state index in [0.717, 1.165) is 16.7 Å². The van der Waals surface area contributed by atoms with Crippen LogP contribution in [0.15, 0.2) is 72.8 Å². The van der Waals surface area contributed by atoms with Crippen LogP contribution in [-0.4, -0.2) is 59.6 Å². The van der Waals surface area contributed by atoms with Crippen LogP contribution < -0.4 is 5.32 Å². The molecule has 3 atom stereocenters. The first-order valence-corrected chi connectivity index (χ1v) is 11.1. The minimum absolute atomic E-state index is 0.0111. The number of carbonyl (C=O) groups is 2. The number of aliphatic hydroxyl groups is 1. The lowest BCUT2D eigenvalue weighted by Gasteiger charge is -2.51. The van der Waals surface area contributed by atoms with Gasteiger partial charge in [0.15, 0.2) is 0 Å². The molecule has 1 aliphatic heterocycles. The van der Waals surface area contributed by atoms with Gasteiger partial charge >= 0.3 is 6.03 Å². The van der Waals surface area contributed by atoms with Gasteiger partial charge in [-0.05, 0) is 41.0 Å². The van der Waals surface area contributed by atoms with E-state index in [4.69, 9.17) is 0 Å². The molecule has 0 spiro atoms. The summed E-state index contributed by atoms with van der Waals surface area (Å²) < 4.78 is 13.9. The molecule has 2 N–H and O–H groups in total. The Morgan fingerprint density at radius 2 is 1.63 bits per heavy atom. The number of halogens is 1. The van der Waals surface area contributed by atoms with Crippen molar-refractivity contribution in [1.29, 1.82) is 5.26 Å². The quantitative estimate of drug-likeness (QED) is 0.585. The number of benzene rings is 3. The van der Waals surface area contributed by atoms with Crippen molar-refractivity contribution < 1.29 is 19.1 Å². The molecule has 1 saturated heterocycles. The van der Waals surface area contributed by atoms with Gasteiger partial charge in [-0.2, -0.15) is 5.26 Å². The van der Waals surface area contributed by atoms with Gasteiger partial charge in [0.2, 0.25) is 0 Å². The van der Waals surface area contributed by atoms with E-state index in [2.05, 4.69) is 11.4 Å². The highest BCUT2D eigenvalue weighted by molar-refractivity contribution is 5.94. The standard InChI is InChI=1S/C27H25FN4O3/c1-31(2)26(34)20-13-9-18(10-14-20)17-7-11-19(12-8-17)25-23(15-29)32(24(25)16-33)27(35)30-22-6-4-3-5-21(22)28/h3-14,23-25,33H,16H2,1-2H3,(H,30,35)/t23-,24+,25-/m1/s1. The molecule has 1 heterocycles. The number of aliphatic hydroxyl groups excluding tert-OH is 1. The molecule has 0 aromatic heterocycles. The number of para-hydroxylation sites is 1. The molecule has 178 valence electrons.